The van der Waals surface area contributed by atoms with Gasteiger partial charge in [0.25, 0.3) is 5.91 Å². The number of carboxylic acid groups (broad SMARTS) is 2. The fourth-order valence-electron chi connectivity index (χ4n) is 2.25. The molecule has 0 bridgehead atoms. The smallest absolute Gasteiger partial charge is 0.309 e. The van der Waals surface area contributed by atoms with Crippen molar-refractivity contribution in [3.05, 3.63) is 24.2 Å². The molecule has 1 aromatic heterocycles. The quantitative estimate of drug-likeness (QED) is 0.826. The summed E-state index contributed by atoms with van der Waals surface area (Å²) in [7, 11) is 0. The molecule has 0 aromatic carbocycles. The number of piperidine rings is 1. The zero-order valence-corrected chi connectivity index (χ0v) is 9.98. The summed E-state index contributed by atoms with van der Waals surface area (Å²) in [5, 5.41) is 18.1. The van der Waals surface area contributed by atoms with Crippen LogP contribution in [0.4, 0.5) is 0 Å². The molecular formula is C12H13NO6. The number of nitrogens with zero attached hydrogens (tertiary/aromatic N) is 1. The molecule has 7 nitrogen and oxygen atoms in total. The maximum Gasteiger partial charge on any atom is 0.309 e. The molecule has 0 aliphatic carbocycles. The summed E-state index contributed by atoms with van der Waals surface area (Å²) < 4.78 is 4.80. The molecule has 2 heterocycles. The summed E-state index contributed by atoms with van der Waals surface area (Å²) in [6.45, 7) is 0.126. The highest BCUT2D eigenvalue weighted by Crippen LogP contribution is 2.25. The Morgan fingerprint density at radius 1 is 1.21 bits per heavy atom. The van der Waals surface area contributed by atoms with E-state index >= 15 is 0 Å². The van der Waals surface area contributed by atoms with E-state index in [-0.39, 0.29) is 25.4 Å². The first-order valence-corrected chi connectivity index (χ1v) is 5.77. The Kier molecular flexibility index (Phi) is 3.55. The third kappa shape index (κ3) is 2.59. The van der Waals surface area contributed by atoms with Crippen LogP contribution in [0, 0.1) is 11.8 Å². The number of carboxylic acids is 2. The lowest BCUT2D eigenvalue weighted by molar-refractivity contribution is -0.156. The van der Waals surface area contributed by atoms with Gasteiger partial charge in [-0.25, -0.2) is 0 Å². The van der Waals surface area contributed by atoms with E-state index in [2.05, 4.69) is 0 Å². The van der Waals surface area contributed by atoms with Gasteiger partial charge in [-0.2, -0.15) is 0 Å². The molecule has 2 atom stereocenters. The van der Waals surface area contributed by atoms with Crippen molar-refractivity contribution in [2.75, 3.05) is 13.1 Å². The van der Waals surface area contributed by atoms with Gasteiger partial charge < -0.3 is 19.5 Å². The number of carbonyl (C=O) groups is 3. The molecule has 7 heteroatoms. The normalized spacial score (nSPS) is 23.1. The molecule has 19 heavy (non-hydrogen) atoms. The van der Waals surface area contributed by atoms with Crippen LogP contribution in [0.15, 0.2) is 23.0 Å². The summed E-state index contributed by atoms with van der Waals surface area (Å²) in [4.78, 5) is 35.5. The first-order chi connectivity index (χ1) is 9.00. The molecule has 1 aromatic rings. The molecular weight excluding hydrogens is 254 g/mol. The summed E-state index contributed by atoms with van der Waals surface area (Å²) in [5.74, 6) is -4.71. The maximum absolute atomic E-state index is 12.0. The highest BCUT2D eigenvalue weighted by molar-refractivity contribution is 5.94. The highest BCUT2D eigenvalue weighted by atomic mass is 16.4. The lowest BCUT2D eigenvalue weighted by atomic mass is 9.85. The van der Waals surface area contributed by atoms with Crippen LogP contribution in [-0.2, 0) is 9.59 Å². The van der Waals surface area contributed by atoms with Crippen LogP contribution < -0.4 is 0 Å². The fourth-order valence-corrected chi connectivity index (χ4v) is 2.25. The van der Waals surface area contributed by atoms with Crippen LogP contribution in [0.3, 0.4) is 0 Å². The molecule has 0 radical (unpaired) electrons. The second kappa shape index (κ2) is 5.13. The van der Waals surface area contributed by atoms with Gasteiger partial charge in [0.2, 0.25) is 0 Å². The topological polar surface area (TPSA) is 108 Å². The van der Waals surface area contributed by atoms with E-state index < -0.39 is 23.8 Å². The maximum atomic E-state index is 12.0. The minimum atomic E-state index is -1.20. The third-order valence-electron chi connectivity index (χ3n) is 3.30. The van der Waals surface area contributed by atoms with Gasteiger partial charge in [0, 0.05) is 13.1 Å². The van der Waals surface area contributed by atoms with Crippen LogP contribution in [0.1, 0.15) is 16.8 Å². The van der Waals surface area contributed by atoms with Gasteiger partial charge in [0.05, 0.1) is 23.7 Å². The van der Waals surface area contributed by atoms with Crippen LogP contribution in [0.2, 0.25) is 0 Å². The predicted octanol–water partition coefficient (Wildman–Crippen LogP) is 0.527. The van der Waals surface area contributed by atoms with E-state index in [1.165, 1.54) is 23.5 Å². The molecule has 0 spiro atoms. The minimum absolute atomic E-state index is 0.101. The van der Waals surface area contributed by atoms with Gasteiger partial charge in [0.1, 0.15) is 6.26 Å². The highest BCUT2D eigenvalue weighted by Gasteiger charge is 2.40. The molecule has 2 rings (SSSR count). The number of furan rings is 1. The van der Waals surface area contributed by atoms with Gasteiger partial charge in [-0.3, -0.25) is 14.4 Å². The zero-order valence-electron chi connectivity index (χ0n) is 9.98. The van der Waals surface area contributed by atoms with Crippen molar-refractivity contribution in [2.45, 2.75) is 6.42 Å². The average molecular weight is 267 g/mol. The van der Waals surface area contributed by atoms with Crippen molar-refractivity contribution in [3.63, 3.8) is 0 Å². The average Bonchev–Trinajstić information content (AvgIpc) is 2.90. The molecule has 1 amide bonds. The van der Waals surface area contributed by atoms with E-state index in [1.54, 1.807) is 0 Å². The van der Waals surface area contributed by atoms with Crippen molar-refractivity contribution in [1.82, 2.24) is 4.90 Å². The molecule has 1 fully saturated rings. The Balaban J connectivity index is 2.13. The van der Waals surface area contributed by atoms with Gasteiger partial charge in [0.15, 0.2) is 0 Å². The van der Waals surface area contributed by atoms with E-state index in [0.29, 0.717) is 5.56 Å². The van der Waals surface area contributed by atoms with Gasteiger partial charge in [-0.1, -0.05) is 0 Å². The standard InChI is InChI=1S/C12H13NO6/c14-10(7-2-4-19-6-7)13-3-1-8(11(15)16)9(5-13)12(17)18/h2,4,6,8-9H,1,3,5H2,(H,15,16)(H,17,18). The Bertz CT molecular complexity index is 494. The molecule has 1 aliphatic rings. The predicted molar refractivity (Wildman–Crippen MR) is 61.5 cm³/mol. The van der Waals surface area contributed by atoms with Crippen molar-refractivity contribution in [3.8, 4) is 0 Å². The number of hydrogen-bond donors (Lipinski definition) is 2. The minimum Gasteiger partial charge on any atom is -0.481 e. The van der Waals surface area contributed by atoms with E-state index in [9.17, 15) is 14.4 Å². The largest absolute Gasteiger partial charge is 0.481 e. The van der Waals surface area contributed by atoms with Crippen LogP contribution >= 0.6 is 0 Å². The van der Waals surface area contributed by atoms with Gasteiger partial charge in [-0.05, 0) is 12.5 Å². The fraction of sp³-hybridized carbons (Fsp3) is 0.417. The molecule has 102 valence electrons. The summed E-state index contributed by atoms with van der Waals surface area (Å²) in [6, 6.07) is 1.49. The molecule has 0 saturated carbocycles. The van der Waals surface area contributed by atoms with Crippen molar-refractivity contribution in [2.24, 2.45) is 11.8 Å². The third-order valence-corrected chi connectivity index (χ3v) is 3.30. The Morgan fingerprint density at radius 2 is 1.89 bits per heavy atom. The number of aliphatic carboxylic acids is 2. The monoisotopic (exact) mass is 267 g/mol. The Morgan fingerprint density at radius 3 is 2.42 bits per heavy atom. The zero-order chi connectivity index (χ0) is 14.0. The lowest BCUT2D eigenvalue weighted by Gasteiger charge is -2.34. The molecule has 2 unspecified atom stereocenters. The summed E-state index contributed by atoms with van der Waals surface area (Å²) in [6.07, 6.45) is 2.77. The molecule has 2 N–H and O–H groups in total. The van der Waals surface area contributed by atoms with Crippen molar-refractivity contribution in [1.29, 1.82) is 0 Å². The second-order valence-electron chi connectivity index (χ2n) is 4.44. The number of carbonyl (C=O) groups excluding carboxylic acids is 1. The number of amides is 1. The SMILES string of the molecule is O=C(O)C1CCN(C(=O)c2ccoc2)CC1C(=O)O. The van der Waals surface area contributed by atoms with E-state index in [1.807, 2.05) is 0 Å². The first-order valence-electron chi connectivity index (χ1n) is 5.77. The van der Waals surface area contributed by atoms with Crippen LogP contribution in [0.5, 0.6) is 0 Å². The Hall–Kier alpha value is -2.31. The number of likely N-dealkylation sites (tertiary alicyclic amines) is 1. The lowest BCUT2D eigenvalue weighted by Crippen LogP contribution is -2.48. The second-order valence-corrected chi connectivity index (χ2v) is 4.44. The molecule has 1 saturated heterocycles. The van der Waals surface area contributed by atoms with Crippen LogP contribution in [0.25, 0.3) is 0 Å². The summed E-state index contributed by atoms with van der Waals surface area (Å²) in [5.41, 5.74) is 0.331. The van der Waals surface area contributed by atoms with Crippen molar-refractivity contribution < 1.29 is 29.0 Å². The first kappa shape index (κ1) is 13.1. The van der Waals surface area contributed by atoms with Gasteiger partial charge >= 0.3 is 11.9 Å². The number of rotatable bonds is 3. The van der Waals surface area contributed by atoms with Crippen LogP contribution in [-0.4, -0.2) is 46.0 Å². The van der Waals surface area contributed by atoms with E-state index in [4.69, 9.17) is 14.6 Å². The van der Waals surface area contributed by atoms with Crippen molar-refractivity contribution >= 4 is 17.8 Å². The van der Waals surface area contributed by atoms with E-state index in [0.717, 1.165) is 0 Å². The molecule has 1 aliphatic heterocycles. The van der Waals surface area contributed by atoms with Gasteiger partial charge in [-0.15, -0.1) is 0 Å². The Labute approximate surface area is 108 Å². The summed E-state index contributed by atoms with van der Waals surface area (Å²) >= 11 is 0. The number of hydrogen-bond acceptors (Lipinski definition) is 4.